The van der Waals surface area contributed by atoms with Gasteiger partial charge < -0.3 is 10.2 Å². The van der Waals surface area contributed by atoms with E-state index in [1.54, 1.807) is 0 Å². The average Bonchev–Trinajstić information content (AvgIpc) is 2.14. The third kappa shape index (κ3) is 2.74. The van der Waals surface area contributed by atoms with Gasteiger partial charge in [0.1, 0.15) is 0 Å². The van der Waals surface area contributed by atoms with Crippen LogP contribution in [-0.4, -0.2) is 27.7 Å². The van der Waals surface area contributed by atoms with E-state index in [2.05, 4.69) is 49.4 Å². The number of anilines is 1. The van der Waals surface area contributed by atoms with Crippen molar-refractivity contribution in [3.63, 3.8) is 0 Å². The van der Waals surface area contributed by atoms with Gasteiger partial charge in [0.25, 0.3) is 0 Å². The first-order chi connectivity index (χ1) is 6.65. The van der Waals surface area contributed by atoms with Crippen molar-refractivity contribution in [1.82, 2.24) is 5.32 Å². The van der Waals surface area contributed by atoms with Crippen LogP contribution >= 0.6 is 0 Å². The molecule has 0 unspecified atom stereocenters. The van der Waals surface area contributed by atoms with E-state index < -0.39 is 0 Å². The minimum Gasteiger partial charge on any atom is -0.377 e. The minimum atomic E-state index is 1.04. The van der Waals surface area contributed by atoms with E-state index in [1.165, 1.54) is 16.8 Å². The molecular formula is C12H20N2. The van der Waals surface area contributed by atoms with Gasteiger partial charge in [0, 0.05) is 19.8 Å². The third-order valence-electron chi connectivity index (χ3n) is 2.41. The molecule has 0 aliphatic rings. The van der Waals surface area contributed by atoms with Crippen LogP contribution in [0.4, 0.5) is 5.69 Å². The molecule has 0 heterocycles. The second kappa shape index (κ2) is 5.01. The first-order valence-corrected chi connectivity index (χ1v) is 5.06. The fourth-order valence-corrected chi connectivity index (χ4v) is 1.64. The molecule has 2 nitrogen and oxygen atoms in total. The number of hydrogen-bond acceptors (Lipinski definition) is 2. The van der Waals surface area contributed by atoms with E-state index >= 15 is 0 Å². The molecule has 1 N–H and O–H groups in total. The van der Waals surface area contributed by atoms with E-state index in [4.69, 9.17) is 0 Å². The Labute approximate surface area is 86.9 Å². The highest BCUT2D eigenvalue weighted by Crippen LogP contribution is 2.18. The van der Waals surface area contributed by atoms with Crippen molar-refractivity contribution in [2.75, 3.05) is 32.6 Å². The van der Waals surface area contributed by atoms with Gasteiger partial charge in [0.2, 0.25) is 0 Å². The van der Waals surface area contributed by atoms with Gasteiger partial charge in [0.15, 0.2) is 0 Å². The van der Waals surface area contributed by atoms with E-state index in [1.807, 2.05) is 7.05 Å². The number of likely N-dealkylation sites (N-methyl/N-ethyl adjacent to an activating group) is 1. The van der Waals surface area contributed by atoms with Gasteiger partial charge in [-0.3, -0.25) is 0 Å². The summed E-state index contributed by atoms with van der Waals surface area (Å²) in [6.07, 6.45) is 1.10. The molecule has 1 aromatic carbocycles. The van der Waals surface area contributed by atoms with Gasteiger partial charge >= 0.3 is 0 Å². The summed E-state index contributed by atoms with van der Waals surface area (Å²) in [5, 5.41) is 3.16. The van der Waals surface area contributed by atoms with Crippen LogP contribution in [-0.2, 0) is 6.42 Å². The van der Waals surface area contributed by atoms with Crippen molar-refractivity contribution in [2.45, 2.75) is 13.3 Å². The van der Waals surface area contributed by atoms with Gasteiger partial charge in [0.05, 0.1) is 0 Å². The Balaban J connectivity index is 2.78. The fraction of sp³-hybridized carbons (Fsp3) is 0.500. The molecule has 0 fully saturated rings. The first kappa shape index (κ1) is 11.1. The molecule has 1 rings (SSSR count). The van der Waals surface area contributed by atoms with Gasteiger partial charge in [-0.1, -0.05) is 12.1 Å². The standard InChI is InChI=1S/C12H20N2/c1-10-9-11(7-8-13-2)5-6-12(10)14(3)4/h5-6,9,13H,7-8H2,1-4H3. The topological polar surface area (TPSA) is 15.3 Å². The third-order valence-corrected chi connectivity index (χ3v) is 2.41. The number of hydrogen-bond donors (Lipinski definition) is 1. The molecule has 0 bridgehead atoms. The number of nitrogens with one attached hydrogen (secondary N) is 1. The predicted molar refractivity (Wildman–Crippen MR) is 63.1 cm³/mol. The maximum Gasteiger partial charge on any atom is 0.0390 e. The number of rotatable bonds is 4. The molecule has 0 saturated carbocycles. The summed E-state index contributed by atoms with van der Waals surface area (Å²) < 4.78 is 0. The summed E-state index contributed by atoms with van der Waals surface area (Å²) in [5.41, 5.74) is 4.06. The van der Waals surface area contributed by atoms with E-state index in [0.29, 0.717) is 0 Å². The Bertz CT molecular complexity index is 292. The SMILES string of the molecule is CNCCc1ccc(N(C)C)c(C)c1. The summed E-state index contributed by atoms with van der Waals surface area (Å²) in [7, 11) is 6.15. The van der Waals surface area contributed by atoms with Gasteiger partial charge in [-0.05, 0) is 44.1 Å². The summed E-state index contributed by atoms with van der Waals surface area (Å²) in [5.74, 6) is 0. The smallest absolute Gasteiger partial charge is 0.0390 e. The molecule has 0 spiro atoms. The largest absolute Gasteiger partial charge is 0.377 e. The predicted octanol–water partition coefficient (Wildman–Crippen LogP) is 1.82. The molecule has 1 aromatic rings. The molecule has 0 aliphatic carbocycles. The second-order valence-electron chi connectivity index (χ2n) is 3.87. The molecule has 2 heteroatoms. The van der Waals surface area contributed by atoms with Crippen molar-refractivity contribution < 1.29 is 0 Å². The quantitative estimate of drug-likeness (QED) is 0.783. The van der Waals surface area contributed by atoms with E-state index in [-0.39, 0.29) is 0 Å². The lowest BCUT2D eigenvalue weighted by Gasteiger charge is -2.16. The van der Waals surface area contributed by atoms with Crippen LogP contribution in [0.25, 0.3) is 0 Å². The Morgan fingerprint density at radius 3 is 2.50 bits per heavy atom. The van der Waals surface area contributed by atoms with Crippen LogP contribution in [0.5, 0.6) is 0 Å². The van der Waals surface area contributed by atoms with Crippen molar-refractivity contribution in [3.05, 3.63) is 29.3 Å². The molecule has 0 aromatic heterocycles. The molecule has 0 atom stereocenters. The summed E-state index contributed by atoms with van der Waals surface area (Å²) >= 11 is 0. The highest BCUT2D eigenvalue weighted by Gasteiger charge is 2.01. The monoisotopic (exact) mass is 192 g/mol. The molecular weight excluding hydrogens is 172 g/mol. The van der Waals surface area contributed by atoms with Crippen LogP contribution in [0.15, 0.2) is 18.2 Å². The Hall–Kier alpha value is -1.02. The zero-order chi connectivity index (χ0) is 10.6. The summed E-state index contributed by atoms with van der Waals surface area (Å²) in [6.45, 7) is 3.21. The second-order valence-corrected chi connectivity index (χ2v) is 3.87. The Morgan fingerprint density at radius 1 is 1.29 bits per heavy atom. The molecule has 0 amide bonds. The van der Waals surface area contributed by atoms with Crippen LogP contribution in [0.2, 0.25) is 0 Å². The van der Waals surface area contributed by atoms with Gasteiger partial charge in [-0.2, -0.15) is 0 Å². The lowest BCUT2D eigenvalue weighted by Crippen LogP contribution is -2.12. The Morgan fingerprint density at radius 2 is 2.00 bits per heavy atom. The molecule has 78 valence electrons. The minimum absolute atomic E-state index is 1.04. The van der Waals surface area contributed by atoms with Crippen LogP contribution in [0.3, 0.4) is 0 Å². The number of benzene rings is 1. The number of aryl methyl sites for hydroxylation is 1. The highest BCUT2D eigenvalue weighted by molar-refractivity contribution is 5.53. The maximum atomic E-state index is 3.16. The summed E-state index contributed by atoms with van der Waals surface area (Å²) in [4.78, 5) is 2.15. The zero-order valence-corrected chi connectivity index (χ0v) is 9.59. The Kier molecular flexibility index (Phi) is 3.96. The van der Waals surface area contributed by atoms with Gasteiger partial charge in [-0.15, -0.1) is 0 Å². The van der Waals surface area contributed by atoms with E-state index in [0.717, 1.165) is 13.0 Å². The highest BCUT2D eigenvalue weighted by atomic mass is 15.1. The van der Waals surface area contributed by atoms with Crippen LogP contribution < -0.4 is 10.2 Å². The average molecular weight is 192 g/mol. The van der Waals surface area contributed by atoms with Crippen LogP contribution in [0.1, 0.15) is 11.1 Å². The maximum absolute atomic E-state index is 3.16. The van der Waals surface area contributed by atoms with Crippen molar-refractivity contribution in [3.8, 4) is 0 Å². The molecule has 0 saturated heterocycles. The first-order valence-electron chi connectivity index (χ1n) is 5.06. The van der Waals surface area contributed by atoms with Gasteiger partial charge in [-0.25, -0.2) is 0 Å². The lowest BCUT2D eigenvalue weighted by molar-refractivity contribution is 0.791. The molecule has 14 heavy (non-hydrogen) atoms. The summed E-state index contributed by atoms with van der Waals surface area (Å²) in [6, 6.07) is 6.67. The zero-order valence-electron chi connectivity index (χ0n) is 9.59. The normalized spacial score (nSPS) is 10.3. The van der Waals surface area contributed by atoms with Crippen LogP contribution in [0, 0.1) is 6.92 Å². The van der Waals surface area contributed by atoms with Crippen molar-refractivity contribution in [2.24, 2.45) is 0 Å². The molecule has 0 radical (unpaired) electrons. The fourth-order valence-electron chi connectivity index (χ4n) is 1.64. The van der Waals surface area contributed by atoms with Crippen molar-refractivity contribution in [1.29, 1.82) is 0 Å². The lowest BCUT2D eigenvalue weighted by atomic mass is 10.1. The van der Waals surface area contributed by atoms with E-state index in [9.17, 15) is 0 Å². The van der Waals surface area contributed by atoms with Crippen molar-refractivity contribution >= 4 is 5.69 Å². The molecule has 0 aliphatic heterocycles. The number of nitrogens with zero attached hydrogens (tertiary/aromatic N) is 1.